The maximum Gasteiger partial charge on any atom is 0.166 e. The van der Waals surface area contributed by atoms with Crippen molar-refractivity contribution in [3.63, 3.8) is 0 Å². The predicted molar refractivity (Wildman–Crippen MR) is 154 cm³/mol. The highest BCUT2D eigenvalue weighted by Gasteiger charge is 2.19. The van der Waals surface area contributed by atoms with Crippen LogP contribution in [0.2, 0.25) is 0 Å². The van der Waals surface area contributed by atoms with Gasteiger partial charge in [-0.25, -0.2) is 9.97 Å². The van der Waals surface area contributed by atoms with Crippen molar-refractivity contribution >= 4 is 28.2 Å². The molecule has 0 spiro atoms. The van der Waals surface area contributed by atoms with Crippen LogP contribution in [0.1, 0.15) is 42.6 Å². The van der Waals surface area contributed by atoms with Crippen LogP contribution in [0, 0.1) is 5.92 Å². The van der Waals surface area contributed by atoms with Crippen molar-refractivity contribution in [2.45, 2.75) is 33.1 Å². The fourth-order valence-corrected chi connectivity index (χ4v) is 4.89. The summed E-state index contributed by atoms with van der Waals surface area (Å²) in [6.07, 6.45) is 5.11. The van der Waals surface area contributed by atoms with E-state index in [1.165, 1.54) is 0 Å². The zero-order valence-corrected chi connectivity index (χ0v) is 20.8. The number of nitrogens with one attached hydrogen (secondary N) is 1. The molecule has 37 heavy (non-hydrogen) atoms. The summed E-state index contributed by atoms with van der Waals surface area (Å²) in [4.78, 5) is 24.8. The minimum atomic E-state index is 0. The van der Waals surface area contributed by atoms with Gasteiger partial charge < -0.3 is 16.0 Å². The first-order chi connectivity index (χ1) is 17.6. The third-order valence-electron chi connectivity index (χ3n) is 7.16. The fourth-order valence-electron chi connectivity index (χ4n) is 4.89. The van der Waals surface area contributed by atoms with Crippen molar-refractivity contribution < 1.29 is 4.79 Å². The van der Waals surface area contributed by atoms with E-state index in [1.54, 1.807) is 6.20 Å². The summed E-state index contributed by atoms with van der Waals surface area (Å²) in [6.45, 7) is 3.06. The molecule has 1 aliphatic heterocycles. The van der Waals surface area contributed by atoms with E-state index in [2.05, 4.69) is 28.3 Å². The molecule has 4 aromatic rings. The molecule has 2 aromatic heterocycles. The van der Waals surface area contributed by atoms with Gasteiger partial charge in [-0.2, -0.15) is 0 Å². The van der Waals surface area contributed by atoms with Crippen LogP contribution < -0.4 is 11.1 Å². The molecular formula is C31H37N5O. The van der Waals surface area contributed by atoms with Gasteiger partial charge in [-0.1, -0.05) is 56.0 Å². The normalized spacial score (nSPS) is 14.3. The number of likely N-dealkylation sites (tertiary alicyclic amines) is 1. The zero-order valence-electron chi connectivity index (χ0n) is 20.8. The van der Waals surface area contributed by atoms with Gasteiger partial charge in [0.15, 0.2) is 5.78 Å². The second-order valence-electron chi connectivity index (χ2n) is 9.76. The van der Waals surface area contributed by atoms with Crippen molar-refractivity contribution in [2.24, 2.45) is 5.92 Å². The van der Waals surface area contributed by atoms with E-state index in [9.17, 15) is 4.79 Å². The second-order valence-corrected chi connectivity index (χ2v) is 9.76. The Labute approximate surface area is 219 Å². The number of anilines is 2. The Hall–Kier alpha value is -3.77. The molecular weight excluding hydrogens is 458 g/mol. The number of rotatable bonds is 8. The number of aromatic nitrogens is 2. The zero-order chi connectivity index (χ0) is 24.9. The summed E-state index contributed by atoms with van der Waals surface area (Å²) in [5.74, 6) is 1.91. The molecule has 5 rings (SSSR count). The number of fused-ring (bicyclic) bond motifs is 1. The number of nitrogen functional groups attached to an aromatic ring is 1. The highest BCUT2D eigenvalue weighted by Crippen LogP contribution is 2.26. The lowest BCUT2D eigenvalue weighted by molar-refractivity contribution is 0.0983. The molecule has 0 saturated carbocycles. The Kier molecular flexibility index (Phi) is 8.51. The van der Waals surface area contributed by atoms with Crippen molar-refractivity contribution in [1.82, 2.24) is 14.9 Å². The molecule has 192 valence electrons. The molecule has 3 heterocycles. The predicted octanol–water partition coefficient (Wildman–Crippen LogP) is 6.08. The van der Waals surface area contributed by atoms with Gasteiger partial charge in [-0.3, -0.25) is 4.79 Å². The fraction of sp³-hybridized carbons (Fsp3) is 0.323. The number of nitrogens with two attached hydrogens (primary N) is 1. The largest absolute Gasteiger partial charge is 0.383 e. The van der Waals surface area contributed by atoms with Crippen LogP contribution in [0.4, 0.5) is 11.6 Å². The molecule has 1 fully saturated rings. The molecule has 0 radical (unpaired) electrons. The van der Waals surface area contributed by atoms with Crippen LogP contribution in [-0.2, 0) is 6.42 Å². The van der Waals surface area contributed by atoms with Crippen molar-refractivity contribution in [3.8, 4) is 11.3 Å². The highest BCUT2D eigenvalue weighted by molar-refractivity contribution is 6.01. The number of benzene rings is 2. The van der Waals surface area contributed by atoms with Crippen LogP contribution in [-0.4, -0.2) is 47.3 Å². The van der Waals surface area contributed by atoms with E-state index in [4.69, 9.17) is 10.7 Å². The lowest BCUT2D eigenvalue weighted by Gasteiger charge is -2.29. The minimum absolute atomic E-state index is 0. The molecule has 0 unspecified atom stereocenters. The summed E-state index contributed by atoms with van der Waals surface area (Å²) >= 11 is 0. The Morgan fingerprint density at radius 3 is 2.62 bits per heavy atom. The average Bonchev–Trinajstić information content (AvgIpc) is 2.92. The number of carbonyl (C=O) groups excluding carboxylic acids is 1. The second kappa shape index (κ2) is 12.0. The van der Waals surface area contributed by atoms with Crippen molar-refractivity contribution in [2.75, 3.05) is 37.7 Å². The van der Waals surface area contributed by atoms with E-state index in [0.29, 0.717) is 36.0 Å². The number of ketones is 1. The SMILES string of the molecule is C.CN1CCC(CNc2nc(-c3ccccc3)ccc2C(=O)CCc2ccc3c(N)nccc3c2)CC1. The van der Waals surface area contributed by atoms with Crippen LogP contribution in [0.3, 0.4) is 0 Å². The molecule has 0 bridgehead atoms. The molecule has 0 aliphatic carbocycles. The third kappa shape index (κ3) is 6.33. The first kappa shape index (κ1) is 26.3. The van der Waals surface area contributed by atoms with Gasteiger partial charge >= 0.3 is 0 Å². The molecule has 1 aliphatic rings. The number of carbonyl (C=O) groups is 1. The lowest BCUT2D eigenvalue weighted by Crippen LogP contribution is -2.33. The van der Waals surface area contributed by atoms with Gasteiger partial charge in [-0.05, 0) is 74.5 Å². The topological polar surface area (TPSA) is 84.1 Å². The number of pyridine rings is 2. The highest BCUT2D eigenvalue weighted by atomic mass is 16.1. The van der Waals surface area contributed by atoms with Gasteiger partial charge in [0.05, 0.1) is 11.3 Å². The van der Waals surface area contributed by atoms with Gasteiger partial charge in [0.2, 0.25) is 0 Å². The summed E-state index contributed by atoms with van der Waals surface area (Å²) in [5, 5.41) is 5.53. The Bertz CT molecular complexity index is 1350. The molecule has 2 aromatic carbocycles. The number of aryl methyl sites for hydroxylation is 1. The number of hydrogen-bond acceptors (Lipinski definition) is 6. The molecule has 3 N–H and O–H groups in total. The van der Waals surface area contributed by atoms with Crippen molar-refractivity contribution in [3.05, 3.63) is 84.1 Å². The van der Waals surface area contributed by atoms with Crippen LogP contribution in [0.25, 0.3) is 22.0 Å². The number of Topliss-reactive ketones (excluding diaryl/α,β-unsaturated/α-hetero) is 1. The maximum absolute atomic E-state index is 13.4. The average molecular weight is 496 g/mol. The minimum Gasteiger partial charge on any atom is -0.383 e. The van der Waals surface area contributed by atoms with E-state index < -0.39 is 0 Å². The Balaban J connectivity index is 0.00000320. The van der Waals surface area contributed by atoms with E-state index in [0.717, 1.165) is 60.1 Å². The van der Waals surface area contributed by atoms with Crippen molar-refractivity contribution in [1.29, 1.82) is 0 Å². The molecule has 1 saturated heterocycles. The number of hydrogen-bond donors (Lipinski definition) is 2. The quantitative estimate of drug-likeness (QED) is 0.288. The first-order valence-corrected chi connectivity index (χ1v) is 12.7. The van der Waals surface area contributed by atoms with E-state index in [1.807, 2.05) is 60.7 Å². The van der Waals surface area contributed by atoms with Crippen LogP contribution >= 0.6 is 0 Å². The maximum atomic E-state index is 13.4. The van der Waals surface area contributed by atoms with Crippen LogP contribution in [0.5, 0.6) is 0 Å². The standard InChI is InChI=1S/C30H33N5O.CH4/c1-35-17-14-22(15-18-35)20-33-30-26(10-11-27(34-30)23-5-3-2-4-6-23)28(36)12-8-21-7-9-25-24(19-21)13-16-32-29(25)31;/h2-7,9-11,13,16,19,22H,8,12,14-15,17-18,20H2,1H3,(H2,31,32)(H,33,34);1H4. The smallest absolute Gasteiger partial charge is 0.166 e. The van der Waals surface area contributed by atoms with Gasteiger partial charge in [0, 0.05) is 30.1 Å². The summed E-state index contributed by atoms with van der Waals surface area (Å²) in [6, 6.07) is 22.1. The number of piperidine rings is 1. The third-order valence-corrected chi connectivity index (χ3v) is 7.16. The molecule has 0 atom stereocenters. The van der Waals surface area contributed by atoms with Gasteiger partial charge in [0.25, 0.3) is 0 Å². The Morgan fingerprint density at radius 2 is 1.84 bits per heavy atom. The first-order valence-electron chi connectivity index (χ1n) is 12.7. The molecule has 6 heteroatoms. The van der Waals surface area contributed by atoms with Gasteiger partial charge in [-0.15, -0.1) is 0 Å². The monoisotopic (exact) mass is 495 g/mol. The van der Waals surface area contributed by atoms with Gasteiger partial charge in [0.1, 0.15) is 11.6 Å². The summed E-state index contributed by atoms with van der Waals surface area (Å²) in [5.41, 5.74) is 9.67. The molecule has 0 amide bonds. The van der Waals surface area contributed by atoms with E-state index >= 15 is 0 Å². The van der Waals surface area contributed by atoms with E-state index in [-0.39, 0.29) is 13.2 Å². The number of nitrogens with zero attached hydrogens (tertiary/aromatic N) is 3. The lowest BCUT2D eigenvalue weighted by atomic mass is 9.97. The molecule has 6 nitrogen and oxygen atoms in total. The Morgan fingerprint density at radius 1 is 1.05 bits per heavy atom. The van der Waals surface area contributed by atoms with Crippen LogP contribution in [0.15, 0.2) is 72.9 Å². The summed E-state index contributed by atoms with van der Waals surface area (Å²) < 4.78 is 0. The summed E-state index contributed by atoms with van der Waals surface area (Å²) in [7, 11) is 2.17.